The highest BCUT2D eigenvalue weighted by atomic mass is 32.2. The standard InChI is InChI=1S/C12H24N2O3S/c1-9-5-6-13-7-10(9)8-14-11(15)12(2,3)18(4,16)17/h9-10,13H,5-8H2,1-4H3,(H,14,15). The summed E-state index contributed by atoms with van der Waals surface area (Å²) in [6, 6.07) is 0. The van der Waals surface area contributed by atoms with Gasteiger partial charge < -0.3 is 10.6 Å². The predicted molar refractivity (Wildman–Crippen MR) is 72.1 cm³/mol. The molecule has 2 N–H and O–H groups in total. The monoisotopic (exact) mass is 276 g/mol. The lowest BCUT2D eigenvalue weighted by Gasteiger charge is -2.31. The van der Waals surface area contributed by atoms with Crippen LogP contribution < -0.4 is 10.6 Å². The number of sulfone groups is 1. The molecule has 0 aromatic rings. The van der Waals surface area contributed by atoms with E-state index in [4.69, 9.17) is 0 Å². The Bertz CT molecular complexity index is 404. The average Bonchev–Trinajstić information content (AvgIpc) is 2.26. The number of hydrogen-bond donors (Lipinski definition) is 2. The van der Waals surface area contributed by atoms with Gasteiger partial charge in [-0.3, -0.25) is 4.79 Å². The molecule has 0 aromatic carbocycles. The number of carbonyl (C=O) groups excluding carboxylic acids is 1. The lowest BCUT2D eigenvalue weighted by atomic mass is 9.88. The highest BCUT2D eigenvalue weighted by Gasteiger charge is 2.38. The minimum atomic E-state index is -3.40. The van der Waals surface area contributed by atoms with Crippen molar-refractivity contribution in [1.29, 1.82) is 0 Å². The van der Waals surface area contributed by atoms with E-state index in [9.17, 15) is 13.2 Å². The fourth-order valence-corrected chi connectivity index (χ4v) is 2.34. The zero-order chi connectivity index (χ0) is 14.0. The summed E-state index contributed by atoms with van der Waals surface area (Å²) in [5.74, 6) is 0.508. The van der Waals surface area contributed by atoms with E-state index in [0.717, 1.165) is 25.8 Å². The maximum absolute atomic E-state index is 12.0. The van der Waals surface area contributed by atoms with Crippen LogP contribution in [0.3, 0.4) is 0 Å². The third kappa shape index (κ3) is 3.45. The zero-order valence-electron chi connectivity index (χ0n) is 11.6. The summed E-state index contributed by atoms with van der Waals surface area (Å²) in [6.07, 6.45) is 2.19. The van der Waals surface area contributed by atoms with E-state index in [1.807, 2.05) is 0 Å². The molecule has 0 aliphatic carbocycles. The van der Waals surface area contributed by atoms with Gasteiger partial charge in [0.15, 0.2) is 9.84 Å². The molecule has 0 saturated carbocycles. The van der Waals surface area contributed by atoms with Crippen LogP contribution in [-0.2, 0) is 14.6 Å². The Balaban J connectivity index is 2.56. The van der Waals surface area contributed by atoms with Crippen LogP contribution in [0, 0.1) is 11.8 Å². The van der Waals surface area contributed by atoms with Gasteiger partial charge >= 0.3 is 0 Å². The van der Waals surface area contributed by atoms with E-state index in [1.54, 1.807) is 0 Å². The van der Waals surface area contributed by atoms with Gasteiger partial charge in [0.1, 0.15) is 4.75 Å². The van der Waals surface area contributed by atoms with Crippen molar-refractivity contribution < 1.29 is 13.2 Å². The molecule has 6 heteroatoms. The maximum Gasteiger partial charge on any atom is 0.240 e. The van der Waals surface area contributed by atoms with Crippen LogP contribution in [0.4, 0.5) is 0 Å². The van der Waals surface area contributed by atoms with Crippen molar-refractivity contribution in [3.05, 3.63) is 0 Å². The average molecular weight is 276 g/mol. The van der Waals surface area contributed by atoms with Gasteiger partial charge in [-0.25, -0.2) is 8.42 Å². The fourth-order valence-electron chi connectivity index (χ4n) is 1.93. The Kier molecular flexibility index (Phi) is 4.78. The Morgan fingerprint density at radius 2 is 2.06 bits per heavy atom. The molecule has 2 atom stereocenters. The third-order valence-electron chi connectivity index (χ3n) is 3.99. The predicted octanol–water partition coefficient (Wildman–Crippen LogP) is 0.171. The van der Waals surface area contributed by atoms with E-state index in [1.165, 1.54) is 13.8 Å². The zero-order valence-corrected chi connectivity index (χ0v) is 12.4. The highest BCUT2D eigenvalue weighted by Crippen LogP contribution is 2.19. The molecule has 1 aliphatic rings. The Hall–Kier alpha value is -0.620. The van der Waals surface area contributed by atoms with Crippen LogP contribution in [0.25, 0.3) is 0 Å². The van der Waals surface area contributed by atoms with Crippen molar-refractivity contribution in [3.63, 3.8) is 0 Å². The third-order valence-corrected chi connectivity index (χ3v) is 6.03. The van der Waals surface area contributed by atoms with E-state index >= 15 is 0 Å². The number of piperidine rings is 1. The minimum Gasteiger partial charge on any atom is -0.354 e. The first kappa shape index (κ1) is 15.4. The number of carbonyl (C=O) groups is 1. The van der Waals surface area contributed by atoms with Crippen LogP contribution >= 0.6 is 0 Å². The molecule has 5 nitrogen and oxygen atoms in total. The lowest BCUT2D eigenvalue weighted by molar-refractivity contribution is -0.123. The van der Waals surface area contributed by atoms with Gasteiger partial charge in [-0.2, -0.15) is 0 Å². The molecule has 1 amide bonds. The molecule has 1 aliphatic heterocycles. The molecule has 0 radical (unpaired) electrons. The van der Waals surface area contributed by atoms with E-state index < -0.39 is 20.5 Å². The highest BCUT2D eigenvalue weighted by molar-refractivity contribution is 7.92. The van der Waals surface area contributed by atoms with E-state index in [-0.39, 0.29) is 0 Å². The molecule has 1 fully saturated rings. The van der Waals surface area contributed by atoms with Crippen LogP contribution in [-0.4, -0.2) is 45.0 Å². The Labute approximate surface area is 110 Å². The first-order chi connectivity index (χ1) is 8.16. The largest absolute Gasteiger partial charge is 0.354 e. The van der Waals surface area contributed by atoms with E-state index in [2.05, 4.69) is 17.6 Å². The van der Waals surface area contributed by atoms with Gasteiger partial charge in [0.05, 0.1) is 0 Å². The second-order valence-electron chi connectivity index (χ2n) is 5.72. The summed E-state index contributed by atoms with van der Waals surface area (Å²) in [5.41, 5.74) is 0. The van der Waals surface area contributed by atoms with Gasteiger partial charge in [0, 0.05) is 12.8 Å². The quantitative estimate of drug-likeness (QED) is 0.767. The molecule has 0 bridgehead atoms. The summed E-state index contributed by atoms with van der Waals surface area (Å²) in [6.45, 7) is 7.48. The van der Waals surface area contributed by atoms with Crippen molar-refractivity contribution in [1.82, 2.24) is 10.6 Å². The van der Waals surface area contributed by atoms with Gasteiger partial charge in [-0.15, -0.1) is 0 Å². The summed E-state index contributed by atoms with van der Waals surface area (Å²) in [5, 5.41) is 6.06. The number of amides is 1. The first-order valence-corrected chi connectivity index (χ1v) is 8.24. The molecule has 1 saturated heterocycles. The molecule has 1 heterocycles. The molecular formula is C12H24N2O3S. The van der Waals surface area contributed by atoms with Crippen molar-refractivity contribution >= 4 is 15.7 Å². The van der Waals surface area contributed by atoms with Gasteiger partial charge in [-0.05, 0) is 45.2 Å². The Morgan fingerprint density at radius 3 is 2.56 bits per heavy atom. The molecule has 18 heavy (non-hydrogen) atoms. The summed E-state index contributed by atoms with van der Waals surface area (Å²) in [7, 11) is -3.40. The van der Waals surface area contributed by atoms with Crippen LogP contribution in [0.1, 0.15) is 27.2 Å². The van der Waals surface area contributed by atoms with Crippen molar-refractivity contribution in [2.75, 3.05) is 25.9 Å². The SMILES string of the molecule is CC1CCNCC1CNC(=O)C(C)(C)S(C)(=O)=O. The first-order valence-electron chi connectivity index (χ1n) is 6.35. The summed E-state index contributed by atoms with van der Waals surface area (Å²) < 4.78 is 21.7. The molecule has 1 rings (SSSR count). The van der Waals surface area contributed by atoms with Gasteiger partial charge in [0.25, 0.3) is 0 Å². The topological polar surface area (TPSA) is 75.3 Å². The van der Waals surface area contributed by atoms with Crippen molar-refractivity contribution in [2.45, 2.75) is 31.9 Å². The molecular weight excluding hydrogens is 252 g/mol. The molecule has 106 valence electrons. The van der Waals surface area contributed by atoms with Gasteiger partial charge in [-0.1, -0.05) is 6.92 Å². The molecule has 2 unspecified atom stereocenters. The van der Waals surface area contributed by atoms with Gasteiger partial charge in [0.2, 0.25) is 5.91 Å². The number of nitrogens with one attached hydrogen (secondary N) is 2. The van der Waals surface area contributed by atoms with Crippen molar-refractivity contribution in [3.8, 4) is 0 Å². The summed E-state index contributed by atoms with van der Waals surface area (Å²) >= 11 is 0. The minimum absolute atomic E-state index is 0.373. The number of rotatable bonds is 4. The fraction of sp³-hybridized carbons (Fsp3) is 0.917. The smallest absolute Gasteiger partial charge is 0.240 e. The Morgan fingerprint density at radius 1 is 1.44 bits per heavy atom. The van der Waals surface area contributed by atoms with Crippen LogP contribution in [0.2, 0.25) is 0 Å². The normalized spacial score (nSPS) is 25.8. The number of hydrogen-bond acceptors (Lipinski definition) is 4. The lowest BCUT2D eigenvalue weighted by Crippen LogP contribution is -2.50. The molecule has 0 aromatic heterocycles. The second kappa shape index (κ2) is 5.57. The van der Waals surface area contributed by atoms with Crippen LogP contribution in [0.15, 0.2) is 0 Å². The van der Waals surface area contributed by atoms with E-state index in [0.29, 0.717) is 18.4 Å². The molecule has 0 spiro atoms. The maximum atomic E-state index is 12.0. The summed E-state index contributed by atoms with van der Waals surface area (Å²) in [4.78, 5) is 12.0. The van der Waals surface area contributed by atoms with Crippen LogP contribution in [0.5, 0.6) is 0 Å². The second-order valence-corrected chi connectivity index (χ2v) is 8.29. The van der Waals surface area contributed by atoms with Crippen molar-refractivity contribution in [2.24, 2.45) is 11.8 Å².